The lowest BCUT2D eigenvalue weighted by molar-refractivity contribution is -0.118. The van der Waals surface area contributed by atoms with E-state index < -0.39 is 0 Å². The number of piperidine rings is 2. The number of nitrogens with zero attached hydrogens (tertiary/aromatic N) is 3. The zero-order valence-corrected chi connectivity index (χ0v) is 17.9. The van der Waals surface area contributed by atoms with Crippen molar-refractivity contribution in [2.45, 2.75) is 64.5 Å². The summed E-state index contributed by atoms with van der Waals surface area (Å²) < 4.78 is 5.15. The summed E-state index contributed by atoms with van der Waals surface area (Å²) in [6.45, 7) is 10.2. The number of benzene rings is 1. The highest BCUT2D eigenvalue weighted by molar-refractivity contribution is 6.02. The average molecular weight is 400 g/mol. The quantitative estimate of drug-likeness (QED) is 0.782. The van der Waals surface area contributed by atoms with Crippen LogP contribution in [0.25, 0.3) is 0 Å². The van der Waals surface area contributed by atoms with E-state index in [2.05, 4.69) is 41.8 Å². The maximum atomic E-state index is 12.7. The number of carbonyl (C=O) groups excluding carboxylic acids is 2. The minimum atomic E-state index is -0.185. The van der Waals surface area contributed by atoms with Crippen molar-refractivity contribution in [3.63, 3.8) is 0 Å². The minimum Gasteiger partial charge on any atom is -0.450 e. The number of carbonyl (C=O) groups is 2. The molecular weight excluding hydrogens is 366 g/mol. The Morgan fingerprint density at radius 1 is 1.17 bits per heavy atom. The molecule has 3 heterocycles. The van der Waals surface area contributed by atoms with E-state index in [1.54, 1.807) is 0 Å². The second-order valence-corrected chi connectivity index (χ2v) is 8.97. The van der Waals surface area contributed by atoms with E-state index in [-0.39, 0.29) is 17.5 Å². The van der Waals surface area contributed by atoms with Gasteiger partial charge in [-0.25, -0.2) is 4.79 Å². The van der Waals surface area contributed by atoms with Gasteiger partial charge in [-0.05, 0) is 58.1 Å². The molecule has 0 saturated carbocycles. The first-order chi connectivity index (χ1) is 13.9. The summed E-state index contributed by atoms with van der Waals surface area (Å²) in [6.07, 6.45) is 4.32. The van der Waals surface area contributed by atoms with Crippen LogP contribution in [0.3, 0.4) is 0 Å². The number of rotatable bonds is 3. The summed E-state index contributed by atoms with van der Waals surface area (Å²) >= 11 is 0. The van der Waals surface area contributed by atoms with Crippen LogP contribution in [0.1, 0.15) is 50.7 Å². The third kappa shape index (κ3) is 3.87. The smallest absolute Gasteiger partial charge is 0.409 e. The Morgan fingerprint density at radius 3 is 2.52 bits per heavy atom. The summed E-state index contributed by atoms with van der Waals surface area (Å²) in [6, 6.07) is 6.68. The number of hydrogen-bond acceptors (Lipinski definition) is 4. The third-order valence-corrected chi connectivity index (χ3v) is 7.06. The van der Waals surface area contributed by atoms with E-state index in [9.17, 15) is 9.59 Å². The highest BCUT2D eigenvalue weighted by Crippen LogP contribution is 2.37. The summed E-state index contributed by atoms with van der Waals surface area (Å²) in [4.78, 5) is 31.2. The predicted octanol–water partition coefficient (Wildman–Crippen LogP) is 3.36. The molecule has 0 atom stereocenters. The minimum absolute atomic E-state index is 0.123. The van der Waals surface area contributed by atoms with Gasteiger partial charge in [-0.1, -0.05) is 17.7 Å². The van der Waals surface area contributed by atoms with Gasteiger partial charge < -0.3 is 14.5 Å². The monoisotopic (exact) mass is 399 g/mol. The molecule has 0 aromatic heterocycles. The molecule has 2 amide bonds. The van der Waals surface area contributed by atoms with Crippen molar-refractivity contribution >= 4 is 17.7 Å². The Hall–Kier alpha value is -2.08. The van der Waals surface area contributed by atoms with Gasteiger partial charge in [-0.15, -0.1) is 0 Å². The van der Waals surface area contributed by atoms with Gasteiger partial charge in [0, 0.05) is 43.4 Å². The second kappa shape index (κ2) is 7.98. The normalized spacial score (nSPS) is 22.7. The maximum Gasteiger partial charge on any atom is 0.409 e. The summed E-state index contributed by atoms with van der Waals surface area (Å²) in [5.74, 6) is 0.248. The number of amides is 2. The molecule has 0 unspecified atom stereocenters. The van der Waals surface area contributed by atoms with Gasteiger partial charge in [0.1, 0.15) is 0 Å². The molecule has 1 aromatic rings. The number of ether oxygens (including phenoxy) is 1. The Balaban J connectivity index is 1.36. The van der Waals surface area contributed by atoms with Crippen molar-refractivity contribution in [3.8, 4) is 0 Å². The first-order valence-corrected chi connectivity index (χ1v) is 11.0. The van der Waals surface area contributed by atoms with Crippen LogP contribution in [0.4, 0.5) is 10.5 Å². The molecular formula is C23H33N3O3. The zero-order valence-electron chi connectivity index (χ0n) is 17.9. The molecule has 29 heavy (non-hydrogen) atoms. The number of fused-ring (bicyclic) bond motifs is 1. The van der Waals surface area contributed by atoms with Crippen LogP contribution in [0, 0.1) is 6.92 Å². The van der Waals surface area contributed by atoms with Gasteiger partial charge in [-0.3, -0.25) is 9.69 Å². The molecule has 0 aliphatic carbocycles. The van der Waals surface area contributed by atoms with Crippen LogP contribution in [0.2, 0.25) is 0 Å². The van der Waals surface area contributed by atoms with E-state index in [0.29, 0.717) is 19.1 Å². The van der Waals surface area contributed by atoms with Gasteiger partial charge >= 0.3 is 6.09 Å². The molecule has 6 nitrogen and oxygen atoms in total. The molecule has 0 bridgehead atoms. The van der Waals surface area contributed by atoms with Crippen molar-refractivity contribution < 1.29 is 14.3 Å². The number of hydrogen-bond donors (Lipinski definition) is 0. The largest absolute Gasteiger partial charge is 0.450 e. The van der Waals surface area contributed by atoms with Crippen molar-refractivity contribution in [1.29, 1.82) is 0 Å². The van der Waals surface area contributed by atoms with E-state index in [1.807, 2.05) is 11.8 Å². The molecule has 6 heteroatoms. The van der Waals surface area contributed by atoms with Gasteiger partial charge in [0.2, 0.25) is 5.91 Å². The molecule has 158 valence electrons. The molecule has 0 N–H and O–H groups in total. The fourth-order valence-electron chi connectivity index (χ4n) is 5.24. The molecule has 2 saturated heterocycles. The molecule has 1 aromatic carbocycles. The Morgan fingerprint density at radius 2 is 1.86 bits per heavy atom. The van der Waals surface area contributed by atoms with E-state index in [4.69, 9.17) is 4.74 Å². The summed E-state index contributed by atoms with van der Waals surface area (Å²) in [7, 11) is 0. The van der Waals surface area contributed by atoms with E-state index in [1.165, 1.54) is 11.1 Å². The van der Waals surface area contributed by atoms with Crippen molar-refractivity contribution in [2.24, 2.45) is 0 Å². The molecule has 3 aliphatic heterocycles. The predicted molar refractivity (Wildman–Crippen MR) is 113 cm³/mol. The zero-order chi connectivity index (χ0) is 20.6. The van der Waals surface area contributed by atoms with Gasteiger partial charge in [0.15, 0.2) is 0 Å². The van der Waals surface area contributed by atoms with Crippen LogP contribution < -0.4 is 4.90 Å². The number of likely N-dealkylation sites (tertiary alicyclic amines) is 2. The maximum absolute atomic E-state index is 12.7. The Labute approximate surface area is 173 Å². The molecule has 0 spiro atoms. The van der Waals surface area contributed by atoms with E-state index >= 15 is 0 Å². The molecule has 0 radical (unpaired) electrons. The fraction of sp³-hybridized carbons (Fsp3) is 0.652. The second-order valence-electron chi connectivity index (χ2n) is 8.97. The highest BCUT2D eigenvalue weighted by atomic mass is 16.6. The first kappa shape index (κ1) is 20.2. The lowest BCUT2D eigenvalue weighted by Crippen LogP contribution is -2.58. The lowest BCUT2D eigenvalue weighted by atomic mass is 9.85. The highest BCUT2D eigenvalue weighted by Gasteiger charge is 2.41. The summed E-state index contributed by atoms with van der Waals surface area (Å²) in [5.41, 5.74) is 3.64. The summed E-state index contributed by atoms with van der Waals surface area (Å²) in [5, 5.41) is 0. The number of aryl methyl sites for hydroxylation is 1. The Bertz CT molecular complexity index is 778. The van der Waals surface area contributed by atoms with Gasteiger partial charge in [0.05, 0.1) is 13.0 Å². The van der Waals surface area contributed by atoms with Crippen LogP contribution >= 0.6 is 0 Å². The van der Waals surface area contributed by atoms with Crippen LogP contribution in [0.15, 0.2) is 18.2 Å². The number of anilines is 1. The lowest BCUT2D eigenvalue weighted by Gasteiger charge is -2.49. The van der Waals surface area contributed by atoms with Crippen molar-refractivity contribution in [1.82, 2.24) is 9.80 Å². The van der Waals surface area contributed by atoms with Crippen molar-refractivity contribution in [2.75, 3.05) is 37.7 Å². The van der Waals surface area contributed by atoms with Crippen molar-refractivity contribution in [3.05, 3.63) is 29.3 Å². The topological polar surface area (TPSA) is 53.1 Å². The molecule has 3 aliphatic rings. The van der Waals surface area contributed by atoms with Crippen LogP contribution in [-0.4, -0.2) is 66.2 Å². The molecule has 4 rings (SSSR count). The van der Waals surface area contributed by atoms with Crippen LogP contribution in [-0.2, 0) is 16.0 Å². The SMILES string of the molecule is CCOC(=O)N1CCC(C)(N2CCC(N3C(=O)Cc4cc(C)ccc43)CC2)CC1. The van der Waals surface area contributed by atoms with E-state index in [0.717, 1.165) is 57.5 Å². The molecule has 2 fully saturated rings. The third-order valence-electron chi connectivity index (χ3n) is 7.06. The first-order valence-electron chi connectivity index (χ1n) is 11.0. The fourth-order valence-corrected chi connectivity index (χ4v) is 5.24. The van der Waals surface area contributed by atoms with Gasteiger partial charge in [-0.2, -0.15) is 0 Å². The average Bonchev–Trinajstić information content (AvgIpc) is 3.03. The van der Waals surface area contributed by atoms with Crippen LogP contribution in [0.5, 0.6) is 0 Å². The van der Waals surface area contributed by atoms with Gasteiger partial charge in [0.25, 0.3) is 0 Å². The standard InChI is InChI=1S/C23H33N3O3/c1-4-29-22(28)24-13-9-23(3,10-14-24)25-11-7-19(8-12-25)26-20-6-5-17(2)15-18(20)16-21(26)27/h5-6,15,19H,4,7-14,16H2,1-3H3. The Kier molecular flexibility index (Phi) is 5.56.